The lowest BCUT2D eigenvalue weighted by Crippen LogP contribution is -2.48. The summed E-state index contributed by atoms with van der Waals surface area (Å²) in [7, 11) is 0. The Morgan fingerprint density at radius 1 is 0.938 bits per heavy atom. The van der Waals surface area contributed by atoms with Gasteiger partial charge in [-0.25, -0.2) is 0 Å². The van der Waals surface area contributed by atoms with Crippen LogP contribution in [0, 0.1) is 0 Å². The first-order valence-electron chi connectivity index (χ1n) is 10.9. The molecule has 0 unspecified atom stereocenters. The molecule has 3 aliphatic rings. The van der Waals surface area contributed by atoms with Crippen LogP contribution in [0.25, 0.3) is 0 Å². The molecule has 1 fully saturated rings. The average molecular weight is 432 g/mol. The van der Waals surface area contributed by atoms with E-state index in [9.17, 15) is 4.79 Å². The maximum absolute atomic E-state index is 13.1. The van der Waals surface area contributed by atoms with Crippen LogP contribution in [0.5, 0.6) is 11.5 Å². The molecular weight excluding hydrogens is 408 g/mol. The summed E-state index contributed by atoms with van der Waals surface area (Å²) in [6.45, 7) is 4.24. The van der Waals surface area contributed by atoms with Gasteiger partial charge < -0.3 is 24.0 Å². The quantitative estimate of drug-likeness (QED) is 0.634. The van der Waals surface area contributed by atoms with E-state index in [-0.39, 0.29) is 18.8 Å². The molecule has 8 heteroatoms. The first-order chi connectivity index (χ1) is 15.7. The van der Waals surface area contributed by atoms with Gasteiger partial charge in [-0.3, -0.25) is 9.48 Å². The normalized spacial score (nSPS) is 19.7. The van der Waals surface area contributed by atoms with Gasteiger partial charge in [0, 0.05) is 31.9 Å². The van der Waals surface area contributed by atoms with E-state index in [2.05, 4.69) is 22.1 Å². The lowest BCUT2D eigenvalue weighted by Gasteiger charge is -2.35. The van der Waals surface area contributed by atoms with Crippen molar-refractivity contribution in [2.45, 2.75) is 19.3 Å². The number of carbonyl (C=O) groups is 1. The van der Waals surface area contributed by atoms with E-state index in [1.807, 2.05) is 52.0 Å². The molecule has 3 aliphatic heterocycles. The fourth-order valence-electron chi connectivity index (χ4n) is 4.51. The summed E-state index contributed by atoms with van der Waals surface area (Å²) >= 11 is 0. The minimum atomic E-state index is -0.144. The molecular formula is C24H24N4O4. The van der Waals surface area contributed by atoms with Crippen LogP contribution in [0.2, 0.25) is 0 Å². The summed E-state index contributed by atoms with van der Waals surface area (Å²) in [4.78, 5) is 17.3. The standard InChI is InChI=1S/C24H24N4O4/c29-24(27-10-8-26(9-11-27)18-4-2-1-3-5-18)20-13-19-15-30-23(14-28(19)25-20)17-6-7-21-22(12-17)32-16-31-21/h1-7,12-13,23H,8-11,14-16H2/t23-/m1/s1. The van der Waals surface area contributed by atoms with Gasteiger partial charge in [0.2, 0.25) is 6.79 Å². The van der Waals surface area contributed by atoms with Gasteiger partial charge in [-0.05, 0) is 35.9 Å². The topological polar surface area (TPSA) is 69.1 Å². The molecule has 0 radical (unpaired) electrons. The predicted molar refractivity (Wildman–Crippen MR) is 117 cm³/mol. The highest BCUT2D eigenvalue weighted by Crippen LogP contribution is 2.36. The van der Waals surface area contributed by atoms with Gasteiger partial charge in [-0.15, -0.1) is 0 Å². The lowest BCUT2D eigenvalue weighted by molar-refractivity contribution is -0.00130. The van der Waals surface area contributed by atoms with Gasteiger partial charge in [-0.1, -0.05) is 24.3 Å². The Morgan fingerprint density at radius 3 is 2.59 bits per heavy atom. The van der Waals surface area contributed by atoms with E-state index in [0.29, 0.717) is 31.9 Å². The number of amides is 1. The van der Waals surface area contributed by atoms with Crippen LogP contribution in [0.1, 0.15) is 27.8 Å². The number of ether oxygens (including phenoxy) is 3. The molecule has 0 aliphatic carbocycles. The van der Waals surface area contributed by atoms with Gasteiger partial charge in [0.1, 0.15) is 6.10 Å². The van der Waals surface area contributed by atoms with Crippen LogP contribution in [-0.2, 0) is 17.9 Å². The Hall–Kier alpha value is -3.52. The molecule has 164 valence electrons. The number of nitrogens with zero attached hydrogens (tertiary/aromatic N) is 4. The van der Waals surface area contributed by atoms with Gasteiger partial charge in [0.15, 0.2) is 17.2 Å². The zero-order chi connectivity index (χ0) is 21.5. The summed E-state index contributed by atoms with van der Waals surface area (Å²) in [5.41, 5.74) is 3.63. The first-order valence-corrected chi connectivity index (χ1v) is 10.9. The van der Waals surface area contributed by atoms with Gasteiger partial charge in [0.05, 0.1) is 18.8 Å². The molecule has 32 heavy (non-hydrogen) atoms. The minimum Gasteiger partial charge on any atom is -0.454 e. The van der Waals surface area contributed by atoms with E-state index in [1.165, 1.54) is 5.69 Å². The minimum absolute atomic E-state index is 0.0146. The van der Waals surface area contributed by atoms with Crippen LogP contribution < -0.4 is 14.4 Å². The number of rotatable bonds is 3. The average Bonchev–Trinajstić information content (AvgIpc) is 3.50. The van der Waals surface area contributed by atoms with Crippen molar-refractivity contribution in [3.05, 3.63) is 71.5 Å². The maximum Gasteiger partial charge on any atom is 0.274 e. The summed E-state index contributed by atoms with van der Waals surface area (Å²) < 4.78 is 18.8. The maximum atomic E-state index is 13.1. The lowest BCUT2D eigenvalue weighted by atomic mass is 10.1. The van der Waals surface area contributed by atoms with Crippen molar-refractivity contribution >= 4 is 11.6 Å². The van der Waals surface area contributed by atoms with Crippen LogP contribution in [0.3, 0.4) is 0 Å². The van der Waals surface area contributed by atoms with Crippen molar-refractivity contribution in [1.29, 1.82) is 0 Å². The molecule has 0 saturated carbocycles. The largest absolute Gasteiger partial charge is 0.454 e. The Kier molecular flexibility index (Phi) is 4.72. The van der Waals surface area contributed by atoms with Crippen molar-refractivity contribution in [3.63, 3.8) is 0 Å². The van der Waals surface area contributed by atoms with Crippen molar-refractivity contribution in [3.8, 4) is 11.5 Å². The molecule has 8 nitrogen and oxygen atoms in total. The fraction of sp³-hybridized carbons (Fsp3) is 0.333. The third kappa shape index (κ3) is 3.46. The van der Waals surface area contributed by atoms with Crippen molar-refractivity contribution < 1.29 is 19.0 Å². The molecule has 1 atom stereocenters. The zero-order valence-electron chi connectivity index (χ0n) is 17.6. The second-order valence-electron chi connectivity index (χ2n) is 8.23. The van der Waals surface area contributed by atoms with E-state index in [0.717, 1.165) is 35.8 Å². The highest BCUT2D eigenvalue weighted by atomic mass is 16.7. The Morgan fingerprint density at radius 2 is 1.75 bits per heavy atom. The number of carbonyl (C=O) groups excluding carboxylic acids is 1. The van der Waals surface area contributed by atoms with Crippen LogP contribution in [-0.4, -0.2) is 53.6 Å². The Labute approximate surface area is 185 Å². The zero-order valence-corrected chi connectivity index (χ0v) is 17.6. The number of hydrogen-bond acceptors (Lipinski definition) is 6. The van der Waals surface area contributed by atoms with Gasteiger partial charge in [-0.2, -0.15) is 5.10 Å². The molecule has 3 aromatic rings. The fourth-order valence-corrected chi connectivity index (χ4v) is 4.51. The summed E-state index contributed by atoms with van der Waals surface area (Å²) in [5, 5.41) is 4.63. The summed E-state index contributed by atoms with van der Waals surface area (Å²) in [6, 6.07) is 18.0. The number of piperazine rings is 1. The molecule has 0 bridgehead atoms. The molecule has 0 spiro atoms. The number of para-hydroxylation sites is 1. The number of benzene rings is 2. The van der Waals surface area contributed by atoms with E-state index in [4.69, 9.17) is 14.2 Å². The molecule has 1 saturated heterocycles. The van der Waals surface area contributed by atoms with Crippen molar-refractivity contribution in [1.82, 2.24) is 14.7 Å². The van der Waals surface area contributed by atoms with E-state index >= 15 is 0 Å². The van der Waals surface area contributed by atoms with E-state index in [1.54, 1.807) is 0 Å². The highest BCUT2D eigenvalue weighted by molar-refractivity contribution is 5.92. The number of aromatic nitrogens is 2. The summed E-state index contributed by atoms with van der Waals surface area (Å²) in [5.74, 6) is 1.48. The molecule has 4 heterocycles. The van der Waals surface area contributed by atoms with Crippen molar-refractivity contribution in [2.75, 3.05) is 37.9 Å². The van der Waals surface area contributed by atoms with Crippen LogP contribution in [0.15, 0.2) is 54.6 Å². The first kappa shape index (κ1) is 19.2. The molecule has 1 amide bonds. The van der Waals surface area contributed by atoms with Gasteiger partial charge in [0.25, 0.3) is 5.91 Å². The SMILES string of the molecule is O=C(c1cc2n(n1)C[C@H](c1ccc3c(c1)OCO3)OC2)N1CCN(c2ccccc2)CC1. The molecule has 1 aromatic heterocycles. The second-order valence-corrected chi connectivity index (χ2v) is 8.23. The van der Waals surface area contributed by atoms with E-state index < -0.39 is 0 Å². The summed E-state index contributed by atoms with van der Waals surface area (Å²) in [6.07, 6.45) is -0.144. The second kappa shape index (κ2) is 7.87. The monoisotopic (exact) mass is 432 g/mol. The molecule has 2 aromatic carbocycles. The Bertz CT molecular complexity index is 1140. The third-order valence-corrected chi connectivity index (χ3v) is 6.31. The number of hydrogen-bond donors (Lipinski definition) is 0. The number of fused-ring (bicyclic) bond motifs is 2. The van der Waals surface area contributed by atoms with Gasteiger partial charge >= 0.3 is 0 Å². The number of anilines is 1. The predicted octanol–water partition coefficient (Wildman–Crippen LogP) is 2.85. The third-order valence-electron chi connectivity index (χ3n) is 6.31. The Balaban J connectivity index is 1.13. The van der Waals surface area contributed by atoms with Crippen LogP contribution in [0.4, 0.5) is 5.69 Å². The smallest absolute Gasteiger partial charge is 0.274 e. The molecule has 6 rings (SSSR count). The van der Waals surface area contributed by atoms with Crippen molar-refractivity contribution in [2.24, 2.45) is 0 Å². The molecule has 0 N–H and O–H groups in total. The van der Waals surface area contributed by atoms with Crippen LogP contribution >= 0.6 is 0 Å². The highest BCUT2D eigenvalue weighted by Gasteiger charge is 2.28.